The molecule has 0 saturated heterocycles. The lowest BCUT2D eigenvalue weighted by Crippen LogP contribution is -2.41. The number of carboxylic acids is 1. The normalized spacial score (nSPS) is 12.2. The van der Waals surface area contributed by atoms with Crippen LogP contribution in [0.15, 0.2) is 12.3 Å². The second kappa shape index (κ2) is 5.70. The summed E-state index contributed by atoms with van der Waals surface area (Å²) in [6.07, 6.45) is 1.50. The van der Waals surface area contributed by atoms with Crippen LogP contribution in [0.25, 0.3) is 0 Å². The van der Waals surface area contributed by atoms with Crippen molar-refractivity contribution in [1.82, 2.24) is 9.88 Å². The molecule has 0 aliphatic heterocycles. The van der Waals surface area contributed by atoms with E-state index in [1.807, 2.05) is 0 Å². The Hall–Kier alpha value is -1.53. The first-order valence-corrected chi connectivity index (χ1v) is 5.30. The Labute approximate surface area is 103 Å². The topological polar surface area (TPSA) is 91.6 Å². The number of aliphatic carboxylic acids is 1. The Kier molecular flexibility index (Phi) is 4.53. The predicted molar refractivity (Wildman–Crippen MR) is 61.0 cm³/mol. The van der Waals surface area contributed by atoms with Gasteiger partial charge >= 0.3 is 5.97 Å². The van der Waals surface area contributed by atoms with Crippen molar-refractivity contribution in [3.8, 4) is 0 Å². The Morgan fingerprint density at radius 1 is 1.59 bits per heavy atom. The summed E-state index contributed by atoms with van der Waals surface area (Å²) in [5.41, 5.74) is 0.263. The molecular weight excluding hydrogens is 248 g/mol. The van der Waals surface area contributed by atoms with Gasteiger partial charge in [-0.3, -0.25) is 4.79 Å². The minimum Gasteiger partial charge on any atom is -0.480 e. The van der Waals surface area contributed by atoms with Gasteiger partial charge in [0.2, 0.25) is 0 Å². The van der Waals surface area contributed by atoms with Gasteiger partial charge in [0.05, 0.1) is 5.02 Å². The summed E-state index contributed by atoms with van der Waals surface area (Å²) in [4.78, 5) is 22.5. The minimum atomic E-state index is -1.19. The van der Waals surface area contributed by atoms with E-state index in [-0.39, 0.29) is 18.7 Å². The van der Waals surface area contributed by atoms with E-state index in [4.69, 9.17) is 21.8 Å². The number of nitrogens with one attached hydrogen (secondary N) is 1. The first-order chi connectivity index (χ1) is 7.95. The molecule has 1 rings (SSSR count). The van der Waals surface area contributed by atoms with Gasteiger partial charge in [-0.1, -0.05) is 11.6 Å². The van der Waals surface area contributed by atoms with Crippen LogP contribution in [0.2, 0.25) is 5.02 Å². The fourth-order valence-corrected chi connectivity index (χ4v) is 1.62. The van der Waals surface area contributed by atoms with Crippen LogP contribution in [0.5, 0.6) is 0 Å². The summed E-state index contributed by atoms with van der Waals surface area (Å²) in [6, 6.07) is 0.329. The van der Waals surface area contributed by atoms with E-state index in [1.165, 1.54) is 16.8 Å². The summed E-state index contributed by atoms with van der Waals surface area (Å²) in [6.45, 7) is -0.314. The van der Waals surface area contributed by atoms with Gasteiger partial charge in [0, 0.05) is 26.3 Å². The number of carbonyl (C=O) groups excluding carboxylic acids is 1. The summed E-state index contributed by atoms with van der Waals surface area (Å²) in [5.74, 6) is -1.73. The second-order valence-electron chi connectivity index (χ2n) is 3.53. The average molecular weight is 261 g/mol. The SMILES string of the molecule is Cn1cc(Cl)cc1C(=O)N[C@H](CCO)C(=O)O. The maximum absolute atomic E-state index is 11.7. The zero-order valence-electron chi connectivity index (χ0n) is 9.18. The second-order valence-corrected chi connectivity index (χ2v) is 3.97. The van der Waals surface area contributed by atoms with E-state index >= 15 is 0 Å². The lowest BCUT2D eigenvalue weighted by molar-refractivity contribution is -0.139. The fraction of sp³-hybridized carbons (Fsp3) is 0.400. The average Bonchev–Trinajstić information content (AvgIpc) is 2.57. The van der Waals surface area contributed by atoms with Crippen molar-refractivity contribution in [3.05, 3.63) is 23.0 Å². The molecule has 94 valence electrons. The van der Waals surface area contributed by atoms with Crippen LogP contribution in [0.4, 0.5) is 0 Å². The smallest absolute Gasteiger partial charge is 0.326 e. The molecule has 0 saturated carbocycles. The number of aliphatic hydroxyl groups is 1. The predicted octanol–water partition coefficient (Wildman–Crippen LogP) is 0.244. The molecule has 1 amide bonds. The van der Waals surface area contributed by atoms with Crippen molar-refractivity contribution in [3.63, 3.8) is 0 Å². The van der Waals surface area contributed by atoms with Crippen LogP contribution >= 0.6 is 11.6 Å². The van der Waals surface area contributed by atoms with Crippen LogP contribution in [-0.2, 0) is 11.8 Å². The van der Waals surface area contributed by atoms with Gasteiger partial charge < -0.3 is 20.1 Å². The molecule has 0 aliphatic rings. The zero-order valence-corrected chi connectivity index (χ0v) is 9.94. The summed E-state index contributed by atoms with van der Waals surface area (Å²) < 4.78 is 1.50. The highest BCUT2D eigenvalue weighted by Crippen LogP contribution is 2.12. The van der Waals surface area contributed by atoms with E-state index in [0.717, 1.165) is 0 Å². The Bertz CT molecular complexity index is 430. The first-order valence-electron chi connectivity index (χ1n) is 4.92. The Morgan fingerprint density at radius 2 is 2.24 bits per heavy atom. The molecule has 0 aliphatic carbocycles. The van der Waals surface area contributed by atoms with Crippen molar-refractivity contribution in [2.24, 2.45) is 7.05 Å². The summed E-state index contributed by atoms with van der Waals surface area (Å²) in [7, 11) is 1.63. The molecule has 17 heavy (non-hydrogen) atoms. The van der Waals surface area contributed by atoms with Gasteiger partial charge in [0.1, 0.15) is 11.7 Å². The van der Waals surface area contributed by atoms with E-state index in [1.54, 1.807) is 7.05 Å². The number of aryl methyl sites for hydroxylation is 1. The molecule has 1 atom stereocenters. The highest BCUT2D eigenvalue weighted by Gasteiger charge is 2.21. The molecule has 0 bridgehead atoms. The molecular formula is C10H13ClN2O4. The lowest BCUT2D eigenvalue weighted by Gasteiger charge is -2.13. The van der Waals surface area contributed by atoms with Gasteiger partial charge in [-0.25, -0.2) is 4.79 Å². The number of aliphatic hydroxyl groups excluding tert-OH is 1. The molecule has 0 spiro atoms. The molecule has 0 radical (unpaired) electrons. The number of halogens is 1. The highest BCUT2D eigenvalue weighted by molar-refractivity contribution is 6.31. The fourth-order valence-electron chi connectivity index (χ4n) is 1.37. The van der Waals surface area contributed by atoms with Crippen LogP contribution in [0.1, 0.15) is 16.9 Å². The standard InChI is InChI=1S/C10H13ClN2O4/c1-13-5-6(11)4-8(13)9(15)12-7(2-3-14)10(16)17/h4-5,7,14H,2-3H2,1H3,(H,12,15)(H,16,17)/t7-/m1/s1. The monoisotopic (exact) mass is 260 g/mol. The number of rotatable bonds is 5. The van der Waals surface area contributed by atoms with Gasteiger partial charge in [-0.15, -0.1) is 0 Å². The minimum absolute atomic E-state index is 0.0424. The van der Waals surface area contributed by atoms with Crippen molar-refractivity contribution in [2.75, 3.05) is 6.61 Å². The first kappa shape index (κ1) is 13.5. The number of hydrogen-bond acceptors (Lipinski definition) is 3. The van der Waals surface area contributed by atoms with Crippen LogP contribution in [0, 0.1) is 0 Å². The van der Waals surface area contributed by atoms with E-state index in [0.29, 0.717) is 5.02 Å². The summed E-state index contributed by atoms with van der Waals surface area (Å²) in [5, 5.41) is 20.2. The van der Waals surface area contributed by atoms with Crippen LogP contribution < -0.4 is 5.32 Å². The Balaban J connectivity index is 2.77. The largest absolute Gasteiger partial charge is 0.480 e. The number of nitrogens with zero attached hydrogens (tertiary/aromatic N) is 1. The van der Waals surface area contributed by atoms with E-state index < -0.39 is 17.9 Å². The molecule has 7 heteroatoms. The molecule has 1 aromatic heterocycles. The molecule has 0 aromatic carbocycles. The maximum atomic E-state index is 11.7. The number of carbonyl (C=O) groups is 2. The molecule has 1 heterocycles. The van der Waals surface area contributed by atoms with Crippen LogP contribution in [0.3, 0.4) is 0 Å². The third kappa shape index (κ3) is 3.47. The molecule has 6 nitrogen and oxygen atoms in total. The highest BCUT2D eigenvalue weighted by atomic mass is 35.5. The zero-order chi connectivity index (χ0) is 13.0. The molecule has 1 aromatic rings. The van der Waals surface area contributed by atoms with Crippen molar-refractivity contribution in [1.29, 1.82) is 0 Å². The quantitative estimate of drug-likeness (QED) is 0.707. The van der Waals surface area contributed by atoms with E-state index in [2.05, 4.69) is 5.32 Å². The Morgan fingerprint density at radius 3 is 2.65 bits per heavy atom. The third-order valence-corrected chi connectivity index (χ3v) is 2.43. The van der Waals surface area contributed by atoms with Crippen molar-refractivity contribution in [2.45, 2.75) is 12.5 Å². The van der Waals surface area contributed by atoms with Gasteiger partial charge in [-0.05, 0) is 6.07 Å². The third-order valence-electron chi connectivity index (χ3n) is 2.23. The van der Waals surface area contributed by atoms with Gasteiger partial charge in [0.15, 0.2) is 0 Å². The van der Waals surface area contributed by atoms with Gasteiger partial charge in [0.25, 0.3) is 5.91 Å². The maximum Gasteiger partial charge on any atom is 0.326 e. The molecule has 0 fully saturated rings. The van der Waals surface area contributed by atoms with Crippen molar-refractivity contribution < 1.29 is 19.8 Å². The number of aromatic nitrogens is 1. The van der Waals surface area contributed by atoms with Crippen LogP contribution in [-0.4, -0.2) is 39.3 Å². The number of hydrogen-bond donors (Lipinski definition) is 3. The van der Waals surface area contributed by atoms with Gasteiger partial charge in [-0.2, -0.15) is 0 Å². The van der Waals surface area contributed by atoms with Crippen molar-refractivity contribution >= 4 is 23.5 Å². The molecule has 0 unspecified atom stereocenters. The number of carboxylic acid groups (broad SMARTS) is 1. The van der Waals surface area contributed by atoms with E-state index in [9.17, 15) is 9.59 Å². The lowest BCUT2D eigenvalue weighted by atomic mass is 10.2. The molecule has 3 N–H and O–H groups in total. The summed E-state index contributed by atoms with van der Waals surface area (Å²) >= 11 is 5.71. The number of amides is 1.